The van der Waals surface area contributed by atoms with E-state index in [2.05, 4.69) is 27.7 Å². The van der Waals surface area contributed by atoms with E-state index in [9.17, 15) is 19.5 Å². The molecule has 0 aromatic carbocycles. The van der Waals surface area contributed by atoms with Crippen LogP contribution in [0.1, 0.15) is 127 Å². The zero-order valence-electron chi connectivity index (χ0n) is 27.1. The molecule has 0 saturated heterocycles. The van der Waals surface area contributed by atoms with Crippen molar-refractivity contribution in [2.45, 2.75) is 150 Å². The molecule has 4 aliphatic carbocycles. The van der Waals surface area contributed by atoms with Crippen molar-refractivity contribution in [2.75, 3.05) is 0 Å². The summed E-state index contributed by atoms with van der Waals surface area (Å²) < 4.78 is 17.2. The van der Waals surface area contributed by atoms with Gasteiger partial charge in [0.1, 0.15) is 23.4 Å². The molecule has 0 aromatic heterocycles. The second-order valence-electron chi connectivity index (χ2n) is 15.4. The molecule has 0 aromatic rings. The van der Waals surface area contributed by atoms with Crippen LogP contribution in [0.5, 0.6) is 0 Å². The minimum absolute atomic E-state index is 0.219. The van der Waals surface area contributed by atoms with E-state index in [1.165, 1.54) is 33.6 Å². The summed E-state index contributed by atoms with van der Waals surface area (Å²) in [6.45, 7) is 17.7. The lowest BCUT2D eigenvalue weighted by molar-refractivity contribution is -0.271. The summed E-state index contributed by atoms with van der Waals surface area (Å²) in [6, 6.07) is 0. The summed E-state index contributed by atoms with van der Waals surface area (Å²) in [6.07, 6.45) is 8.31. The first-order valence-corrected chi connectivity index (χ1v) is 16.2. The van der Waals surface area contributed by atoms with Gasteiger partial charge in [-0.25, -0.2) is 0 Å². The highest BCUT2D eigenvalue weighted by Crippen LogP contribution is 2.69. The summed E-state index contributed by atoms with van der Waals surface area (Å²) in [7, 11) is 0. The van der Waals surface area contributed by atoms with Crippen molar-refractivity contribution in [2.24, 2.45) is 46.3 Å². The monoisotopic (exact) mass is 576 g/mol. The molecule has 0 bridgehead atoms. The number of carbonyl (C=O) groups is 3. The predicted molar refractivity (Wildman–Crippen MR) is 157 cm³/mol. The van der Waals surface area contributed by atoms with Gasteiger partial charge in [-0.2, -0.15) is 0 Å². The molecule has 234 valence electrons. The largest absolute Gasteiger partial charge is 0.462 e. The van der Waals surface area contributed by atoms with Gasteiger partial charge >= 0.3 is 17.9 Å². The van der Waals surface area contributed by atoms with Gasteiger partial charge in [0.25, 0.3) is 0 Å². The van der Waals surface area contributed by atoms with Crippen LogP contribution in [0.15, 0.2) is 0 Å². The number of rotatable bonds is 8. The van der Waals surface area contributed by atoms with Gasteiger partial charge in [-0.15, -0.1) is 0 Å². The molecular weight excluding hydrogens is 520 g/mol. The van der Waals surface area contributed by atoms with Crippen LogP contribution in [0.25, 0.3) is 0 Å². The van der Waals surface area contributed by atoms with Crippen LogP contribution in [-0.2, 0) is 28.6 Å². The molecule has 7 nitrogen and oxygen atoms in total. The highest BCUT2D eigenvalue weighted by atomic mass is 16.6. The molecule has 0 radical (unpaired) electrons. The van der Waals surface area contributed by atoms with E-state index in [-0.39, 0.29) is 35.3 Å². The minimum Gasteiger partial charge on any atom is -0.462 e. The van der Waals surface area contributed by atoms with Crippen LogP contribution >= 0.6 is 0 Å². The number of esters is 3. The van der Waals surface area contributed by atoms with Crippen LogP contribution < -0.4 is 0 Å². The van der Waals surface area contributed by atoms with Gasteiger partial charge in [-0.3, -0.25) is 14.4 Å². The zero-order valence-corrected chi connectivity index (χ0v) is 27.1. The Morgan fingerprint density at radius 1 is 0.878 bits per heavy atom. The van der Waals surface area contributed by atoms with Gasteiger partial charge in [-0.1, -0.05) is 34.1 Å². The van der Waals surface area contributed by atoms with Gasteiger partial charge in [0.15, 0.2) is 0 Å². The van der Waals surface area contributed by atoms with Crippen LogP contribution in [0.2, 0.25) is 0 Å². The summed E-state index contributed by atoms with van der Waals surface area (Å²) in [4.78, 5) is 35.7. The third-order valence-electron chi connectivity index (χ3n) is 12.8. The Morgan fingerprint density at radius 3 is 2.15 bits per heavy atom. The molecule has 1 N–H and O–H groups in total. The number of hydrogen-bond donors (Lipinski definition) is 1. The van der Waals surface area contributed by atoms with Gasteiger partial charge in [0, 0.05) is 32.6 Å². The average molecular weight is 577 g/mol. The summed E-state index contributed by atoms with van der Waals surface area (Å²) in [5.41, 5.74) is -1.85. The molecule has 4 unspecified atom stereocenters. The average Bonchev–Trinajstić information content (AvgIpc) is 3.20. The molecule has 4 saturated carbocycles. The Hall–Kier alpha value is -1.63. The van der Waals surface area contributed by atoms with Crippen LogP contribution in [0, 0.1) is 46.3 Å². The molecule has 41 heavy (non-hydrogen) atoms. The minimum atomic E-state index is -1.21. The van der Waals surface area contributed by atoms with Crippen molar-refractivity contribution in [1.82, 2.24) is 0 Å². The zero-order chi connectivity index (χ0) is 30.5. The Morgan fingerprint density at radius 2 is 1.54 bits per heavy atom. The predicted octanol–water partition coefficient (Wildman–Crippen LogP) is 6.63. The van der Waals surface area contributed by atoms with Crippen molar-refractivity contribution in [3.8, 4) is 0 Å². The molecule has 4 aliphatic rings. The second-order valence-corrected chi connectivity index (χ2v) is 15.4. The Bertz CT molecular complexity index is 1010. The maximum absolute atomic E-state index is 12.4. The van der Waals surface area contributed by atoms with Gasteiger partial charge in [-0.05, 0) is 106 Å². The molecule has 0 spiro atoms. The van der Waals surface area contributed by atoms with Crippen molar-refractivity contribution in [1.29, 1.82) is 0 Å². The number of carbonyl (C=O) groups excluding carboxylic acids is 3. The van der Waals surface area contributed by atoms with Gasteiger partial charge in [0.05, 0.1) is 0 Å². The van der Waals surface area contributed by atoms with Crippen molar-refractivity contribution in [3.63, 3.8) is 0 Å². The lowest BCUT2D eigenvalue weighted by Crippen LogP contribution is -2.69. The number of ether oxygens (including phenoxy) is 3. The van der Waals surface area contributed by atoms with Crippen molar-refractivity contribution < 1.29 is 33.7 Å². The van der Waals surface area contributed by atoms with E-state index in [0.29, 0.717) is 42.4 Å². The van der Waals surface area contributed by atoms with E-state index in [4.69, 9.17) is 14.2 Å². The topological polar surface area (TPSA) is 99.1 Å². The SMILES string of the molecule is CC(=O)O[C@H]1CC[C@]2(C)C3CC[C@@]4(C)C(CCC4[C@H](C)CC[C@H](C)C(C)(C)OC(C)=O)C3C[C@@H](OC(C)=O)[C@@]2(O)C1. The van der Waals surface area contributed by atoms with Crippen molar-refractivity contribution in [3.05, 3.63) is 0 Å². The first kappa shape index (κ1) is 32.3. The van der Waals surface area contributed by atoms with Gasteiger partial charge < -0.3 is 19.3 Å². The van der Waals surface area contributed by atoms with Crippen LogP contribution in [-0.4, -0.2) is 46.4 Å². The molecule has 11 atom stereocenters. The summed E-state index contributed by atoms with van der Waals surface area (Å²) >= 11 is 0. The Balaban J connectivity index is 1.53. The molecule has 4 fully saturated rings. The fourth-order valence-electron chi connectivity index (χ4n) is 10.4. The fourth-order valence-corrected chi connectivity index (χ4v) is 10.4. The molecule has 0 amide bonds. The normalized spacial score (nSPS) is 41.7. The van der Waals surface area contributed by atoms with E-state index in [1.807, 2.05) is 13.8 Å². The molecule has 4 rings (SSSR count). The highest BCUT2D eigenvalue weighted by molar-refractivity contribution is 5.67. The summed E-state index contributed by atoms with van der Waals surface area (Å²) in [5, 5.41) is 12.4. The number of aliphatic hydroxyl groups is 1. The quantitative estimate of drug-likeness (QED) is 0.256. The fraction of sp³-hybridized carbons (Fsp3) is 0.912. The maximum Gasteiger partial charge on any atom is 0.303 e. The van der Waals surface area contributed by atoms with Crippen LogP contribution in [0.4, 0.5) is 0 Å². The Kier molecular flexibility index (Phi) is 9.03. The molecule has 7 heteroatoms. The van der Waals surface area contributed by atoms with Gasteiger partial charge in [0.2, 0.25) is 0 Å². The maximum atomic E-state index is 12.4. The third-order valence-corrected chi connectivity index (χ3v) is 12.8. The smallest absolute Gasteiger partial charge is 0.303 e. The third kappa shape index (κ3) is 5.82. The Labute approximate surface area is 247 Å². The van der Waals surface area contributed by atoms with E-state index < -0.39 is 22.7 Å². The number of fused-ring (bicyclic) bond motifs is 5. The lowest BCUT2D eigenvalue weighted by Gasteiger charge is -2.65. The second kappa shape index (κ2) is 11.5. The summed E-state index contributed by atoms with van der Waals surface area (Å²) in [5.74, 6) is 1.84. The first-order chi connectivity index (χ1) is 18.9. The molecular formula is C34H56O7. The molecule has 0 heterocycles. The molecule has 0 aliphatic heterocycles. The van der Waals surface area contributed by atoms with E-state index >= 15 is 0 Å². The lowest BCUT2D eigenvalue weighted by atomic mass is 9.42. The van der Waals surface area contributed by atoms with Crippen molar-refractivity contribution >= 4 is 17.9 Å². The van der Waals surface area contributed by atoms with E-state index in [1.54, 1.807) is 0 Å². The first-order valence-electron chi connectivity index (χ1n) is 16.2. The van der Waals surface area contributed by atoms with Crippen LogP contribution in [0.3, 0.4) is 0 Å². The van der Waals surface area contributed by atoms with E-state index in [0.717, 1.165) is 38.5 Å². The standard InChI is InChI=1S/C34H56O7/c1-20(10-11-21(2)31(6,7)41-24(5)37)27-12-13-28-26-18-30(40-23(4)36)34(38)19-25(39-22(3)35)14-17-33(34,9)29(26)15-16-32(27,28)8/h20-21,25-30,38H,10-19H2,1-9H3/t20-,21+,25+,26?,27?,28?,29?,30-,32-,33-,34+/m1/s1. The highest BCUT2D eigenvalue weighted by Gasteiger charge is 2.69. The number of hydrogen-bond acceptors (Lipinski definition) is 7.